The molecule has 0 aliphatic heterocycles. The molecule has 1 aliphatic carbocycles. The SMILES string of the molecule is C[Si](C)(C)C(O[C]=O)C1c2ccccc2-c2ccccc21. The molecular formula is C18H19O2Si. The van der Waals surface area contributed by atoms with Crippen molar-refractivity contribution in [3.05, 3.63) is 59.7 Å². The highest BCUT2D eigenvalue weighted by atomic mass is 28.3. The van der Waals surface area contributed by atoms with Crippen molar-refractivity contribution >= 4 is 14.5 Å². The second-order valence-corrected chi connectivity index (χ2v) is 11.9. The van der Waals surface area contributed by atoms with Gasteiger partial charge in [0.05, 0.1) is 8.07 Å². The molecule has 0 saturated heterocycles. The molecule has 2 aromatic carbocycles. The van der Waals surface area contributed by atoms with Gasteiger partial charge in [-0.1, -0.05) is 68.2 Å². The van der Waals surface area contributed by atoms with Gasteiger partial charge in [-0.25, -0.2) is 4.79 Å². The summed E-state index contributed by atoms with van der Waals surface area (Å²) in [5, 5.41) is 0. The largest absolute Gasteiger partial charge is 0.457 e. The van der Waals surface area contributed by atoms with Gasteiger partial charge < -0.3 is 4.74 Å². The van der Waals surface area contributed by atoms with Crippen LogP contribution in [-0.2, 0) is 9.53 Å². The van der Waals surface area contributed by atoms with Gasteiger partial charge in [-0.3, -0.25) is 0 Å². The van der Waals surface area contributed by atoms with Crippen LogP contribution in [-0.4, -0.2) is 20.3 Å². The second kappa shape index (κ2) is 5.15. The van der Waals surface area contributed by atoms with Crippen molar-refractivity contribution in [2.45, 2.75) is 31.3 Å². The summed E-state index contributed by atoms with van der Waals surface area (Å²) >= 11 is 0. The van der Waals surface area contributed by atoms with E-state index in [1.165, 1.54) is 22.3 Å². The van der Waals surface area contributed by atoms with Gasteiger partial charge in [0.1, 0.15) is 5.73 Å². The molecule has 1 atom stereocenters. The smallest absolute Gasteiger partial charge is 0.417 e. The summed E-state index contributed by atoms with van der Waals surface area (Å²) in [4.78, 5) is 10.9. The quantitative estimate of drug-likeness (QED) is 0.793. The fourth-order valence-electron chi connectivity index (χ4n) is 3.32. The lowest BCUT2D eigenvalue weighted by Gasteiger charge is -2.32. The van der Waals surface area contributed by atoms with Crippen LogP contribution in [0.3, 0.4) is 0 Å². The first-order valence-corrected chi connectivity index (χ1v) is 10.8. The van der Waals surface area contributed by atoms with Gasteiger partial charge in [0.25, 0.3) is 0 Å². The van der Waals surface area contributed by atoms with Crippen molar-refractivity contribution in [1.29, 1.82) is 0 Å². The summed E-state index contributed by atoms with van der Waals surface area (Å²) < 4.78 is 5.46. The third-order valence-corrected chi connectivity index (χ3v) is 6.37. The highest BCUT2D eigenvalue weighted by Gasteiger charge is 2.42. The lowest BCUT2D eigenvalue weighted by Crippen LogP contribution is -2.44. The summed E-state index contributed by atoms with van der Waals surface area (Å²) in [6.07, 6.45) is 0. The number of rotatable bonds is 4. The molecule has 1 aliphatic rings. The molecular weight excluding hydrogens is 276 g/mol. The first kappa shape index (κ1) is 14.1. The fraction of sp³-hybridized carbons (Fsp3) is 0.278. The van der Waals surface area contributed by atoms with Crippen molar-refractivity contribution in [1.82, 2.24) is 0 Å². The molecule has 107 valence electrons. The molecule has 0 aromatic heterocycles. The Bertz CT molecular complexity index is 627. The lowest BCUT2D eigenvalue weighted by molar-refractivity contribution is 0.222. The number of benzene rings is 2. The first-order chi connectivity index (χ1) is 10.0. The number of hydrogen-bond acceptors (Lipinski definition) is 2. The lowest BCUT2D eigenvalue weighted by atomic mass is 9.97. The van der Waals surface area contributed by atoms with Gasteiger partial charge in [0.15, 0.2) is 0 Å². The number of hydrogen-bond donors (Lipinski definition) is 0. The minimum absolute atomic E-state index is 0.0974. The highest BCUT2D eigenvalue weighted by Crippen LogP contribution is 2.48. The van der Waals surface area contributed by atoms with E-state index in [4.69, 9.17) is 4.74 Å². The summed E-state index contributed by atoms with van der Waals surface area (Å²) in [5.41, 5.74) is 4.95. The molecule has 0 N–H and O–H groups in total. The third kappa shape index (κ3) is 2.32. The van der Waals surface area contributed by atoms with Gasteiger partial charge in [-0.15, -0.1) is 0 Å². The zero-order valence-corrected chi connectivity index (χ0v) is 13.6. The Labute approximate surface area is 126 Å². The minimum atomic E-state index is -1.69. The molecule has 0 amide bonds. The van der Waals surface area contributed by atoms with Crippen molar-refractivity contribution in [3.63, 3.8) is 0 Å². The van der Waals surface area contributed by atoms with Gasteiger partial charge in [0, 0.05) is 5.92 Å². The maximum absolute atomic E-state index is 10.9. The van der Waals surface area contributed by atoms with Crippen molar-refractivity contribution in [3.8, 4) is 11.1 Å². The van der Waals surface area contributed by atoms with E-state index in [1.54, 1.807) is 6.47 Å². The van der Waals surface area contributed by atoms with E-state index in [1.807, 2.05) is 0 Å². The molecule has 1 unspecified atom stereocenters. The number of ether oxygens (including phenoxy) is 1. The fourth-order valence-corrected chi connectivity index (χ4v) is 5.08. The average molecular weight is 295 g/mol. The standard InChI is InChI=1S/C18H19O2Si/c1-21(2,3)18(20-12-19)17-15-10-6-4-8-13(15)14-9-5-7-11-16(14)17/h4-11,17-18H,1-3H3. The second-order valence-electron chi connectivity index (χ2n) is 6.64. The Balaban J connectivity index is 2.20. The van der Waals surface area contributed by atoms with Crippen LogP contribution in [0.2, 0.25) is 19.6 Å². The third-order valence-electron chi connectivity index (χ3n) is 4.21. The molecule has 3 rings (SSSR count). The monoisotopic (exact) mass is 295 g/mol. The Kier molecular flexibility index (Phi) is 3.45. The Hall–Kier alpha value is -1.87. The van der Waals surface area contributed by atoms with E-state index >= 15 is 0 Å². The average Bonchev–Trinajstić information content (AvgIpc) is 2.78. The Morgan fingerprint density at radius 3 is 1.86 bits per heavy atom. The molecule has 0 heterocycles. The van der Waals surface area contributed by atoms with E-state index < -0.39 is 8.07 Å². The molecule has 0 bridgehead atoms. The molecule has 21 heavy (non-hydrogen) atoms. The number of fused-ring (bicyclic) bond motifs is 3. The van der Waals surface area contributed by atoms with E-state index in [2.05, 4.69) is 68.2 Å². The van der Waals surface area contributed by atoms with Crippen LogP contribution in [0.25, 0.3) is 11.1 Å². The van der Waals surface area contributed by atoms with Crippen molar-refractivity contribution in [2.24, 2.45) is 0 Å². The molecule has 1 radical (unpaired) electrons. The summed E-state index contributed by atoms with van der Waals surface area (Å²) in [5.74, 6) is 0.130. The molecule has 2 nitrogen and oxygen atoms in total. The van der Waals surface area contributed by atoms with Gasteiger partial charge >= 0.3 is 6.47 Å². The predicted octanol–water partition coefficient (Wildman–Crippen LogP) is 4.13. The van der Waals surface area contributed by atoms with Crippen LogP contribution in [0, 0.1) is 0 Å². The molecule has 0 saturated carbocycles. The maximum Gasteiger partial charge on any atom is 0.417 e. The van der Waals surface area contributed by atoms with E-state index in [9.17, 15) is 4.79 Å². The van der Waals surface area contributed by atoms with Crippen LogP contribution in [0.15, 0.2) is 48.5 Å². The highest BCUT2D eigenvalue weighted by molar-refractivity contribution is 6.77. The molecule has 0 fully saturated rings. The van der Waals surface area contributed by atoms with Gasteiger partial charge in [-0.2, -0.15) is 0 Å². The molecule has 3 heteroatoms. The Morgan fingerprint density at radius 1 is 0.952 bits per heavy atom. The van der Waals surface area contributed by atoms with Crippen LogP contribution in [0.1, 0.15) is 17.0 Å². The van der Waals surface area contributed by atoms with Gasteiger partial charge in [0.2, 0.25) is 0 Å². The van der Waals surface area contributed by atoms with Crippen molar-refractivity contribution < 1.29 is 9.53 Å². The van der Waals surface area contributed by atoms with E-state index in [0.717, 1.165) is 0 Å². The van der Waals surface area contributed by atoms with Crippen LogP contribution in [0.4, 0.5) is 0 Å². The van der Waals surface area contributed by atoms with Crippen LogP contribution in [0.5, 0.6) is 0 Å². The van der Waals surface area contributed by atoms with Crippen LogP contribution < -0.4 is 0 Å². The van der Waals surface area contributed by atoms with Crippen molar-refractivity contribution in [2.75, 3.05) is 0 Å². The maximum atomic E-state index is 10.9. The summed E-state index contributed by atoms with van der Waals surface area (Å²) in [7, 11) is -1.69. The zero-order valence-electron chi connectivity index (χ0n) is 12.6. The van der Waals surface area contributed by atoms with E-state index in [0.29, 0.717) is 0 Å². The summed E-state index contributed by atoms with van der Waals surface area (Å²) in [6.45, 7) is 8.40. The first-order valence-electron chi connectivity index (χ1n) is 7.25. The Morgan fingerprint density at radius 2 is 1.43 bits per heavy atom. The van der Waals surface area contributed by atoms with Crippen LogP contribution >= 0.6 is 0 Å². The molecule has 0 spiro atoms. The predicted molar refractivity (Wildman–Crippen MR) is 87.6 cm³/mol. The molecule has 2 aromatic rings. The zero-order chi connectivity index (χ0) is 15.0. The summed E-state index contributed by atoms with van der Waals surface area (Å²) in [6, 6.07) is 16.9. The minimum Gasteiger partial charge on any atom is -0.457 e. The van der Waals surface area contributed by atoms with Gasteiger partial charge in [-0.05, 0) is 22.3 Å². The number of carbonyl (C=O) groups excluding carboxylic acids is 1. The topological polar surface area (TPSA) is 26.3 Å². The van der Waals surface area contributed by atoms with E-state index in [-0.39, 0.29) is 11.6 Å². The normalized spacial score (nSPS) is 15.2.